The zero-order chi connectivity index (χ0) is 13.8. The molecule has 19 heavy (non-hydrogen) atoms. The summed E-state index contributed by atoms with van der Waals surface area (Å²) in [6.07, 6.45) is 0. The fourth-order valence-electron chi connectivity index (χ4n) is 2.11. The van der Waals surface area contributed by atoms with Gasteiger partial charge in [0.05, 0.1) is 23.9 Å². The number of ether oxygens (including phenoxy) is 1. The van der Waals surface area contributed by atoms with E-state index in [4.69, 9.17) is 16.3 Å². The summed E-state index contributed by atoms with van der Waals surface area (Å²) in [5, 5.41) is 7.42. The lowest BCUT2D eigenvalue weighted by Crippen LogP contribution is -2.41. The summed E-state index contributed by atoms with van der Waals surface area (Å²) in [7, 11) is 1.72. The highest BCUT2D eigenvalue weighted by Gasteiger charge is 2.18. The topological polar surface area (TPSA) is 59.4 Å². The zero-order valence-corrected chi connectivity index (χ0v) is 12.0. The Labute approximate surface area is 117 Å². The Morgan fingerprint density at radius 2 is 2.16 bits per heavy atom. The van der Waals surface area contributed by atoms with Crippen molar-refractivity contribution in [2.75, 3.05) is 39.4 Å². The number of hydrogen-bond acceptors (Lipinski definition) is 4. The molecule has 106 valence electrons. The minimum atomic E-state index is -0.179. The number of carbonyl (C=O) groups excluding carboxylic acids is 1. The molecule has 1 fully saturated rings. The average molecular weight is 287 g/mol. The molecular weight excluding hydrogens is 268 g/mol. The van der Waals surface area contributed by atoms with Gasteiger partial charge in [0.15, 0.2) is 0 Å². The molecule has 0 unspecified atom stereocenters. The van der Waals surface area contributed by atoms with Crippen LogP contribution in [0.2, 0.25) is 5.02 Å². The first-order valence-electron chi connectivity index (χ1n) is 6.37. The third-order valence-corrected chi connectivity index (χ3v) is 3.63. The van der Waals surface area contributed by atoms with Crippen molar-refractivity contribution in [3.8, 4) is 0 Å². The number of hydrogen-bond donors (Lipinski definition) is 1. The molecule has 1 saturated heterocycles. The van der Waals surface area contributed by atoms with E-state index in [1.807, 2.05) is 0 Å². The highest BCUT2D eigenvalue weighted by atomic mass is 35.5. The molecular formula is C12H19ClN4O2. The van der Waals surface area contributed by atoms with Crippen molar-refractivity contribution in [2.24, 2.45) is 7.05 Å². The van der Waals surface area contributed by atoms with E-state index in [1.165, 1.54) is 4.68 Å². The van der Waals surface area contributed by atoms with E-state index < -0.39 is 0 Å². The van der Waals surface area contributed by atoms with E-state index in [9.17, 15) is 4.79 Å². The highest BCUT2D eigenvalue weighted by Crippen LogP contribution is 2.18. The minimum Gasteiger partial charge on any atom is -0.379 e. The van der Waals surface area contributed by atoms with E-state index >= 15 is 0 Å². The maximum atomic E-state index is 12.0. The maximum absolute atomic E-state index is 12.0. The fourth-order valence-corrected chi connectivity index (χ4v) is 2.36. The number of halogens is 1. The molecule has 2 rings (SSSR count). The Kier molecular flexibility index (Phi) is 4.79. The van der Waals surface area contributed by atoms with E-state index in [2.05, 4.69) is 15.3 Å². The van der Waals surface area contributed by atoms with Gasteiger partial charge < -0.3 is 10.1 Å². The molecule has 0 aliphatic carbocycles. The number of nitrogens with zero attached hydrogens (tertiary/aromatic N) is 3. The second-order valence-corrected chi connectivity index (χ2v) is 4.96. The zero-order valence-electron chi connectivity index (χ0n) is 11.3. The molecule has 6 nitrogen and oxygen atoms in total. The van der Waals surface area contributed by atoms with Crippen LogP contribution in [0.25, 0.3) is 0 Å². The Hall–Kier alpha value is -1.11. The lowest BCUT2D eigenvalue weighted by molar-refractivity contribution is 0.0383. The second-order valence-electron chi connectivity index (χ2n) is 4.58. The average Bonchev–Trinajstić information content (AvgIpc) is 2.64. The lowest BCUT2D eigenvalue weighted by Gasteiger charge is -2.26. The molecule has 0 saturated carbocycles. The molecule has 1 N–H and O–H groups in total. The van der Waals surface area contributed by atoms with Gasteiger partial charge in [-0.15, -0.1) is 0 Å². The summed E-state index contributed by atoms with van der Waals surface area (Å²) in [5.41, 5.74) is 1.09. The number of nitrogens with one attached hydrogen (secondary N) is 1. The molecule has 2 heterocycles. The van der Waals surface area contributed by atoms with Crippen LogP contribution in [0.5, 0.6) is 0 Å². The molecule has 0 radical (unpaired) electrons. The van der Waals surface area contributed by atoms with Gasteiger partial charge in [-0.3, -0.25) is 14.4 Å². The number of amides is 1. The van der Waals surface area contributed by atoms with Crippen LogP contribution in [0, 0.1) is 6.92 Å². The summed E-state index contributed by atoms with van der Waals surface area (Å²) < 4.78 is 6.79. The molecule has 0 bridgehead atoms. The Bertz CT molecular complexity index is 455. The first-order chi connectivity index (χ1) is 9.09. The van der Waals surface area contributed by atoms with Crippen LogP contribution in [0.1, 0.15) is 16.2 Å². The number of aromatic nitrogens is 2. The molecule has 1 amide bonds. The largest absolute Gasteiger partial charge is 0.379 e. The van der Waals surface area contributed by atoms with Gasteiger partial charge in [-0.05, 0) is 6.92 Å². The van der Waals surface area contributed by atoms with Crippen LogP contribution in [-0.4, -0.2) is 60.0 Å². The van der Waals surface area contributed by atoms with E-state index in [0.29, 0.717) is 23.0 Å². The van der Waals surface area contributed by atoms with Crippen molar-refractivity contribution >= 4 is 17.5 Å². The summed E-state index contributed by atoms with van der Waals surface area (Å²) in [6, 6.07) is 0. The van der Waals surface area contributed by atoms with Crippen molar-refractivity contribution in [2.45, 2.75) is 6.92 Å². The van der Waals surface area contributed by atoms with Gasteiger partial charge in [-0.25, -0.2) is 0 Å². The van der Waals surface area contributed by atoms with Crippen molar-refractivity contribution in [1.82, 2.24) is 20.0 Å². The molecule has 0 spiro atoms. The molecule has 1 aromatic rings. The predicted molar refractivity (Wildman–Crippen MR) is 72.5 cm³/mol. The Morgan fingerprint density at radius 3 is 2.74 bits per heavy atom. The summed E-state index contributed by atoms with van der Waals surface area (Å²) in [5.74, 6) is -0.179. The van der Waals surface area contributed by atoms with E-state index in [1.54, 1.807) is 14.0 Å². The molecule has 0 atom stereocenters. The predicted octanol–water partition coefficient (Wildman–Crippen LogP) is 0.444. The highest BCUT2D eigenvalue weighted by molar-refractivity contribution is 6.34. The van der Waals surface area contributed by atoms with Gasteiger partial charge in [0.25, 0.3) is 5.91 Å². The van der Waals surface area contributed by atoms with Crippen LogP contribution < -0.4 is 5.32 Å². The third kappa shape index (κ3) is 3.46. The van der Waals surface area contributed by atoms with Crippen LogP contribution in [0.15, 0.2) is 0 Å². The maximum Gasteiger partial charge on any atom is 0.271 e. The van der Waals surface area contributed by atoms with Gasteiger partial charge in [0.2, 0.25) is 0 Å². The fraction of sp³-hybridized carbons (Fsp3) is 0.667. The molecule has 1 aliphatic heterocycles. The van der Waals surface area contributed by atoms with Crippen molar-refractivity contribution in [1.29, 1.82) is 0 Å². The third-order valence-electron chi connectivity index (χ3n) is 3.18. The Morgan fingerprint density at radius 1 is 1.47 bits per heavy atom. The number of aryl methyl sites for hydroxylation is 2. The molecule has 0 aromatic carbocycles. The van der Waals surface area contributed by atoms with E-state index in [0.717, 1.165) is 32.8 Å². The van der Waals surface area contributed by atoms with Crippen molar-refractivity contribution < 1.29 is 9.53 Å². The van der Waals surface area contributed by atoms with Gasteiger partial charge >= 0.3 is 0 Å². The molecule has 7 heteroatoms. The molecule has 1 aliphatic rings. The Balaban J connectivity index is 1.84. The number of rotatable bonds is 4. The smallest absolute Gasteiger partial charge is 0.271 e. The first-order valence-corrected chi connectivity index (χ1v) is 6.75. The minimum absolute atomic E-state index is 0.179. The SMILES string of the molecule is Cc1nn(C)c(C(=O)NCCN2CCOCC2)c1Cl. The summed E-state index contributed by atoms with van der Waals surface area (Å²) in [6.45, 7) is 6.57. The van der Waals surface area contributed by atoms with Crippen LogP contribution in [0.3, 0.4) is 0 Å². The quantitative estimate of drug-likeness (QED) is 0.873. The van der Waals surface area contributed by atoms with Gasteiger partial charge in [0.1, 0.15) is 5.69 Å². The van der Waals surface area contributed by atoms with Gasteiger partial charge in [-0.1, -0.05) is 11.6 Å². The number of carbonyl (C=O) groups is 1. The van der Waals surface area contributed by atoms with E-state index in [-0.39, 0.29) is 5.91 Å². The standard InChI is InChI=1S/C12H19ClN4O2/c1-9-10(13)11(16(2)15-9)12(18)14-3-4-17-5-7-19-8-6-17/h3-8H2,1-2H3,(H,14,18). The van der Waals surface area contributed by atoms with Crippen molar-refractivity contribution in [3.05, 3.63) is 16.4 Å². The monoisotopic (exact) mass is 286 g/mol. The lowest BCUT2D eigenvalue weighted by atomic mass is 10.3. The van der Waals surface area contributed by atoms with Gasteiger partial charge in [0, 0.05) is 33.2 Å². The van der Waals surface area contributed by atoms with Crippen molar-refractivity contribution in [3.63, 3.8) is 0 Å². The van der Waals surface area contributed by atoms with Crippen LogP contribution >= 0.6 is 11.6 Å². The first kappa shape index (κ1) is 14.3. The number of morpholine rings is 1. The van der Waals surface area contributed by atoms with Crippen LogP contribution in [-0.2, 0) is 11.8 Å². The summed E-state index contributed by atoms with van der Waals surface area (Å²) >= 11 is 6.07. The molecule has 1 aromatic heterocycles. The second kappa shape index (κ2) is 6.36. The van der Waals surface area contributed by atoms with Crippen LogP contribution in [0.4, 0.5) is 0 Å². The summed E-state index contributed by atoms with van der Waals surface area (Å²) in [4.78, 5) is 14.3. The normalized spacial score (nSPS) is 16.6. The van der Waals surface area contributed by atoms with Gasteiger partial charge in [-0.2, -0.15) is 5.10 Å².